The molecular formula is C18H21NO. The number of benzene rings is 2. The predicted molar refractivity (Wildman–Crippen MR) is 81.8 cm³/mol. The average Bonchev–Trinajstić information content (AvgIpc) is 2.47. The third-order valence-electron chi connectivity index (χ3n) is 4.07. The van der Waals surface area contributed by atoms with Gasteiger partial charge in [0, 0.05) is 6.04 Å². The smallest absolute Gasteiger partial charge is 0.120 e. The molecule has 2 aromatic carbocycles. The first-order chi connectivity index (χ1) is 9.74. The van der Waals surface area contributed by atoms with Gasteiger partial charge in [0.1, 0.15) is 12.4 Å². The van der Waals surface area contributed by atoms with Crippen molar-refractivity contribution in [2.75, 3.05) is 0 Å². The Morgan fingerprint density at radius 3 is 2.80 bits per heavy atom. The fraction of sp³-hybridized carbons (Fsp3) is 0.333. The quantitative estimate of drug-likeness (QED) is 0.915. The van der Waals surface area contributed by atoms with E-state index in [1.807, 2.05) is 18.2 Å². The van der Waals surface area contributed by atoms with Crippen LogP contribution in [0.1, 0.15) is 41.1 Å². The average molecular weight is 267 g/mol. The number of nitrogens with two attached hydrogens (primary N) is 1. The van der Waals surface area contributed by atoms with Gasteiger partial charge < -0.3 is 10.5 Å². The van der Waals surface area contributed by atoms with Gasteiger partial charge in [-0.3, -0.25) is 0 Å². The topological polar surface area (TPSA) is 35.2 Å². The number of ether oxygens (including phenoxy) is 1. The summed E-state index contributed by atoms with van der Waals surface area (Å²) in [7, 11) is 0. The lowest BCUT2D eigenvalue weighted by molar-refractivity contribution is 0.305. The fourth-order valence-electron chi connectivity index (χ4n) is 2.96. The van der Waals surface area contributed by atoms with Gasteiger partial charge in [-0.2, -0.15) is 0 Å². The number of rotatable bonds is 3. The first-order valence-corrected chi connectivity index (χ1v) is 7.30. The first kappa shape index (κ1) is 13.2. The van der Waals surface area contributed by atoms with Crippen LogP contribution in [0.3, 0.4) is 0 Å². The maximum absolute atomic E-state index is 6.24. The van der Waals surface area contributed by atoms with Crippen molar-refractivity contribution in [1.82, 2.24) is 0 Å². The molecule has 0 heterocycles. The first-order valence-electron chi connectivity index (χ1n) is 7.30. The zero-order valence-corrected chi connectivity index (χ0v) is 11.9. The lowest BCUT2D eigenvalue weighted by Crippen LogP contribution is -2.18. The molecule has 20 heavy (non-hydrogen) atoms. The van der Waals surface area contributed by atoms with Crippen LogP contribution in [-0.4, -0.2) is 0 Å². The largest absolute Gasteiger partial charge is 0.489 e. The van der Waals surface area contributed by atoms with Crippen molar-refractivity contribution >= 4 is 0 Å². The Balaban J connectivity index is 1.81. The molecule has 104 valence electrons. The van der Waals surface area contributed by atoms with Crippen molar-refractivity contribution in [3.8, 4) is 5.75 Å². The molecule has 2 N–H and O–H groups in total. The van der Waals surface area contributed by atoms with E-state index in [9.17, 15) is 0 Å². The molecular weight excluding hydrogens is 246 g/mol. The lowest BCUT2D eigenvalue weighted by Gasteiger charge is -2.24. The van der Waals surface area contributed by atoms with E-state index in [0.29, 0.717) is 6.61 Å². The summed E-state index contributed by atoms with van der Waals surface area (Å²) in [6.45, 7) is 2.76. The van der Waals surface area contributed by atoms with Crippen molar-refractivity contribution in [2.24, 2.45) is 5.73 Å². The van der Waals surface area contributed by atoms with Gasteiger partial charge in [0.05, 0.1) is 0 Å². The van der Waals surface area contributed by atoms with Gasteiger partial charge >= 0.3 is 0 Å². The Morgan fingerprint density at radius 1 is 1.20 bits per heavy atom. The van der Waals surface area contributed by atoms with E-state index in [1.165, 1.54) is 28.7 Å². The summed E-state index contributed by atoms with van der Waals surface area (Å²) >= 11 is 0. The zero-order chi connectivity index (χ0) is 13.9. The highest BCUT2D eigenvalue weighted by Crippen LogP contribution is 2.33. The third kappa shape index (κ3) is 2.70. The Kier molecular flexibility index (Phi) is 3.75. The van der Waals surface area contributed by atoms with E-state index in [2.05, 4.69) is 31.2 Å². The highest BCUT2D eigenvalue weighted by molar-refractivity contribution is 5.44. The van der Waals surface area contributed by atoms with Gasteiger partial charge in [0.25, 0.3) is 0 Å². The maximum Gasteiger partial charge on any atom is 0.120 e. The minimum Gasteiger partial charge on any atom is -0.489 e. The molecule has 0 fully saturated rings. The van der Waals surface area contributed by atoms with E-state index >= 15 is 0 Å². The molecule has 1 atom stereocenters. The van der Waals surface area contributed by atoms with E-state index < -0.39 is 0 Å². The molecule has 0 unspecified atom stereocenters. The Labute approximate surface area is 120 Å². The lowest BCUT2D eigenvalue weighted by atomic mass is 9.85. The summed E-state index contributed by atoms with van der Waals surface area (Å²) in [5.41, 5.74) is 11.4. The Bertz CT molecular complexity index is 592. The van der Waals surface area contributed by atoms with Crippen LogP contribution in [0.5, 0.6) is 5.75 Å². The number of aryl methyl sites for hydroxylation is 1. The SMILES string of the molecule is Cc1cc(OCc2ccccc2)cc2c1CCC[C@@H]2N. The summed E-state index contributed by atoms with van der Waals surface area (Å²) in [6.07, 6.45) is 3.42. The molecule has 0 bridgehead atoms. The van der Waals surface area contributed by atoms with Crippen LogP contribution < -0.4 is 10.5 Å². The third-order valence-corrected chi connectivity index (χ3v) is 4.07. The van der Waals surface area contributed by atoms with Gasteiger partial charge in [-0.1, -0.05) is 30.3 Å². The van der Waals surface area contributed by atoms with Gasteiger partial charge in [-0.15, -0.1) is 0 Å². The molecule has 2 aromatic rings. The maximum atomic E-state index is 6.24. The number of fused-ring (bicyclic) bond motifs is 1. The molecule has 2 nitrogen and oxygen atoms in total. The van der Waals surface area contributed by atoms with Crippen LogP contribution in [0, 0.1) is 6.92 Å². The molecule has 0 saturated carbocycles. The number of hydrogen-bond donors (Lipinski definition) is 1. The standard InChI is InChI=1S/C18H21NO/c1-13-10-15(20-12-14-6-3-2-4-7-14)11-17-16(13)8-5-9-18(17)19/h2-4,6-7,10-11,18H,5,8-9,12,19H2,1H3/t18-/m0/s1. The second-order valence-corrected chi connectivity index (χ2v) is 5.58. The van der Waals surface area contributed by atoms with Crippen molar-refractivity contribution in [3.63, 3.8) is 0 Å². The fourth-order valence-corrected chi connectivity index (χ4v) is 2.96. The Hall–Kier alpha value is -1.80. The molecule has 0 aliphatic heterocycles. The summed E-state index contributed by atoms with van der Waals surface area (Å²) in [5.74, 6) is 0.933. The zero-order valence-electron chi connectivity index (χ0n) is 11.9. The van der Waals surface area contributed by atoms with Gasteiger partial charge in [-0.25, -0.2) is 0 Å². The highest BCUT2D eigenvalue weighted by atomic mass is 16.5. The minimum atomic E-state index is 0.165. The van der Waals surface area contributed by atoms with Crippen molar-refractivity contribution in [3.05, 3.63) is 64.7 Å². The molecule has 0 amide bonds. The summed E-state index contributed by atoms with van der Waals surface area (Å²) in [6, 6.07) is 14.7. The summed E-state index contributed by atoms with van der Waals surface area (Å²) < 4.78 is 5.93. The van der Waals surface area contributed by atoms with E-state index in [4.69, 9.17) is 10.5 Å². The molecule has 0 radical (unpaired) electrons. The van der Waals surface area contributed by atoms with Crippen LogP contribution in [0.15, 0.2) is 42.5 Å². The molecule has 0 aromatic heterocycles. The normalized spacial score (nSPS) is 17.6. The molecule has 0 spiro atoms. The van der Waals surface area contributed by atoms with Crippen LogP contribution in [0.25, 0.3) is 0 Å². The summed E-state index contributed by atoms with van der Waals surface area (Å²) in [4.78, 5) is 0. The molecule has 3 rings (SSSR count). The highest BCUT2D eigenvalue weighted by Gasteiger charge is 2.19. The molecule has 1 aliphatic rings. The van der Waals surface area contributed by atoms with Crippen molar-refractivity contribution in [2.45, 2.75) is 38.8 Å². The van der Waals surface area contributed by atoms with E-state index in [1.54, 1.807) is 0 Å². The second kappa shape index (κ2) is 5.68. The van der Waals surface area contributed by atoms with Crippen molar-refractivity contribution in [1.29, 1.82) is 0 Å². The molecule has 1 aliphatic carbocycles. The molecule has 0 saturated heterocycles. The second-order valence-electron chi connectivity index (χ2n) is 5.58. The minimum absolute atomic E-state index is 0.165. The molecule has 2 heteroatoms. The predicted octanol–water partition coefficient (Wildman–Crippen LogP) is 3.91. The van der Waals surface area contributed by atoms with Crippen molar-refractivity contribution < 1.29 is 4.74 Å². The van der Waals surface area contributed by atoms with Gasteiger partial charge in [0.2, 0.25) is 0 Å². The monoisotopic (exact) mass is 267 g/mol. The van der Waals surface area contributed by atoms with Crippen LogP contribution in [-0.2, 0) is 13.0 Å². The van der Waals surface area contributed by atoms with Gasteiger partial charge in [-0.05, 0) is 60.6 Å². The van der Waals surface area contributed by atoms with Crippen LogP contribution in [0.2, 0.25) is 0 Å². The van der Waals surface area contributed by atoms with Crippen LogP contribution >= 0.6 is 0 Å². The van der Waals surface area contributed by atoms with E-state index in [-0.39, 0.29) is 6.04 Å². The van der Waals surface area contributed by atoms with Gasteiger partial charge in [0.15, 0.2) is 0 Å². The number of hydrogen-bond acceptors (Lipinski definition) is 2. The van der Waals surface area contributed by atoms with Crippen LogP contribution in [0.4, 0.5) is 0 Å². The van der Waals surface area contributed by atoms with E-state index in [0.717, 1.165) is 18.6 Å². The Morgan fingerprint density at radius 2 is 2.00 bits per heavy atom. The summed E-state index contributed by atoms with van der Waals surface area (Å²) in [5, 5.41) is 0.